The van der Waals surface area contributed by atoms with Gasteiger partial charge in [-0.3, -0.25) is 9.59 Å². The molecule has 0 aromatic heterocycles. The fraction of sp³-hybridized carbons (Fsp3) is 0.750. The maximum atomic E-state index is 11.4. The third-order valence-electron chi connectivity index (χ3n) is 2.83. The second-order valence-corrected chi connectivity index (χ2v) is 3.61. The molecule has 0 aromatic rings. The Labute approximate surface area is 70.9 Å². The smallest absolute Gasteiger partial charge is 0.246 e. The first kappa shape index (κ1) is 7.58. The number of nitrogens with one attached hydrogen (secondary N) is 1. The van der Waals surface area contributed by atoms with E-state index >= 15 is 0 Å². The lowest BCUT2D eigenvalue weighted by molar-refractivity contribution is -0.149. The first-order valence-electron chi connectivity index (χ1n) is 4.23. The number of nitrogens with zero attached hydrogens (tertiary/aromatic N) is 1. The van der Waals surface area contributed by atoms with Gasteiger partial charge in [0.2, 0.25) is 11.8 Å². The summed E-state index contributed by atoms with van der Waals surface area (Å²) in [5.74, 6) is 0.0502. The second-order valence-electron chi connectivity index (χ2n) is 3.61. The molecule has 12 heavy (non-hydrogen) atoms. The van der Waals surface area contributed by atoms with Gasteiger partial charge in [0.25, 0.3) is 0 Å². The third-order valence-corrected chi connectivity index (χ3v) is 2.83. The van der Waals surface area contributed by atoms with E-state index in [1.54, 1.807) is 4.90 Å². The lowest BCUT2D eigenvalue weighted by atomic mass is 9.96. The molecule has 2 aliphatic rings. The minimum Gasteiger partial charge on any atom is -0.345 e. The highest BCUT2D eigenvalue weighted by Gasteiger charge is 2.48. The van der Waals surface area contributed by atoms with Crippen molar-refractivity contribution in [3.8, 4) is 0 Å². The minimum absolute atomic E-state index is 0.000370. The van der Waals surface area contributed by atoms with E-state index in [0.29, 0.717) is 0 Å². The van der Waals surface area contributed by atoms with Crippen LogP contribution in [0, 0.1) is 0 Å². The Bertz CT molecular complexity index is 251. The molecule has 0 bridgehead atoms. The zero-order chi connectivity index (χ0) is 8.77. The molecule has 0 aliphatic carbocycles. The molecule has 2 rings (SSSR count). The predicted octanol–water partition coefficient (Wildman–Crippen LogP) is -0.503. The Morgan fingerprint density at radius 2 is 2.25 bits per heavy atom. The van der Waals surface area contributed by atoms with Gasteiger partial charge in [0.15, 0.2) is 0 Å². The van der Waals surface area contributed by atoms with Crippen molar-refractivity contribution < 1.29 is 9.59 Å². The molecule has 2 saturated heterocycles. The van der Waals surface area contributed by atoms with Crippen molar-refractivity contribution in [2.24, 2.45) is 0 Å². The highest BCUT2D eigenvalue weighted by Crippen LogP contribution is 2.30. The van der Waals surface area contributed by atoms with Gasteiger partial charge in [-0.25, -0.2) is 0 Å². The Hall–Kier alpha value is -1.06. The van der Waals surface area contributed by atoms with Gasteiger partial charge in [-0.05, 0) is 19.8 Å². The molecule has 0 unspecified atom stereocenters. The summed E-state index contributed by atoms with van der Waals surface area (Å²) in [5, 5.41) is 2.61. The van der Waals surface area contributed by atoms with E-state index < -0.39 is 5.54 Å². The fourth-order valence-corrected chi connectivity index (χ4v) is 2.04. The van der Waals surface area contributed by atoms with Crippen molar-refractivity contribution in [3.63, 3.8) is 0 Å². The molecule has 0 saturated carbocycles. The molecule has 4 nitrogen and oxygen atoms in total. The molecule has 1 N–H and O–H groups in total. The number of hydrogen-bond acceptors (Lipinski definition) is 2. The molecule has 2 aliphatic heterocycles. The SMILES string of the molecule is C[C@@]12CCCN1C(=O)CNC2=O. The molecule has 0 aromatic carbocycles. The van der Waals surface area contributed by atoms with Crippen molar-refractivity contribution in [2.45, 2.75) is 25.3 Å². The van der Waals surface area contributed by atoms with Gasteiger partial charge in [-0.1, -0.05) is 0 Å². The van der Waals surface area contributed by atoms with E-state index in [1.807, 2.05) is 6.92 Å². The number of hydrogen-bond donors (Lipinski definition) is 1. The molecule has 2 heterocycles. The monoisotopic (exact) mass is 168 g/mol. The Morgan fingerprint density at radius 3 is 2.92 bits per heavy atom. The van der Waals surface area contributed by atoms with Crippen molar-refractivity contribution in [1.29, 1.82) is 0 Å². The van der Waals surface area contributed by atoms with Crippen molar-refractivity contribution >= 4 is 11.8 Å². The molecule has 66 valence electrons. The van der Waals surface area contributed by atoms with Crippen LogP contribution in [0.5, 0.6) is 0 Å². The van der Waals surface area contributed by atoms with E-state index in [1.165, 1.54) is 0 Å². The summed E-state index contributed by atoms with van der Waals surface area (Å²) in [7, 11) is 0. The summed E-state index contributed by atoms with van der Waals surface area (Å²) >= 11 is 0. The van der Waals surface area contributed by atoms with Gasteiger partial charge < -0.3 is 10.2 Å². The molecule has 4 heteroatoms. The van der Waals surface area contributed by atoms with Crippen molar-refractivity contribution in [1.82, 2.24) is 10.2 Å². The lowest BCUT2D eigenvalue weighted by Crippen LogP contribution is -2.62. The lowest BCUT2D eigenvalue weighted by Gasteiger charge is -2.37. The largest absolute Gasteiger partial charge is 0.345 e. The number of rotatable bonds is 0. The zero-order valence-electron chi connectivity index (χ0n) is 7.09. The van der Waals surface area contributed by atoms with E-state index in [-0.39, 0.29) is 18.4 Å². The number of carbonyl (C=O) groups excluding carboxylic acids is 2. The van der Waals surface area contributed by atoms with Gasteiger partial charge in [0.1, 0.15) is 5.54 Å². The molecule has 2 amide bonds. The number of piperazine rings is 1. The van der Waals surface area contributed by atoms with E-state index in [0.717, 1.165) is 19.4 Å². The first-order chi connectivity index (χ1) is 5.64. The molecular weight excluding hydrogens is 156 g/mol. The Kier molecular flexibility index (Phi) is 1.40. The topological polar surface area (TPSA) is 49.4 Å². The van der Waals surface area contributed by atoms with Gasteiger partial charge in [-0.15, -0.1) is 0 Å². The third kappa shape index (κ3) is 0.777. The number of amides is 2. The van der Waals surface area contributed by atoms with Crippen LogP contribution in [0.2, 0.25) is 0 Å². The summed E-state index contributed by atoms with van der Waals surface area (Å²) in [6.45, 7) is 2.75. The van der Waals surface area contributed by atoms with Gasteiger partial charge >= 0.3 is 0 Å². The fourth-order valence-electron chi connectivity index (χ4n) is 2.04. The Balaban J connectivity index is 2.33. The normalized spacial score (nSPS) is 34.9. The zero-order valence-corrected chi connectivity index (χ0v) is 7.09. The summed E-state index contributed by atoms with van der Waals surface area (Å²) in [5.41, 5.74) is -0.546. The predicted molar refractivity (Wildman–Crippen MR) is 42.4 cm³/mol. The Morgan fingerprint density at radius 1 is 1.50 bits per heavy atom. The van der Waals surface area contributed by atoms with Crippen LogP contribution in [0.1, 0.15) is 19.8 Å². The summed E-state index contributed by atoms with van der Waals surface area (Å²) in [6, 6.07) is 0. The summed E-state index contributed by atoms with van der Waals surface area (Å²) < 4.78 is 0. The standard InChI is InChI=1S/C8H12N2O2/c1-8-3-2-4-10(8)6(11)5-9-7(8)12/h2-5H2,1H3,(H,9,12)/t8-/m0/s1. The molecule has 0 radical (unpaired) electrons. The van der Waals surface area contributed by atoms with Crippen LogP contribution in [0.15, 0.2) is 0 Å². The highest BCUT2D eigenvalue weighted by atomic mass is 16.2. The van der Waals surface area contributed by atoms with Crippen molar-refractivity contribution in [2.75, 3.05) is 13.1 Å². The van der Waals surface area contributed by atoms with E-state index in [2.05, 4.69) is 5.32 Å². The molecule has 1 atom stereocenters. The average Bonchev–Trinajstić information content (AvgIpc) is 2.42. The van der Waals surface area contributed by atoms with Crippen LogP contribution in [0.4, 0.5) is 0 Å². The van der Waals surface area contributed by atoms with E-state index in [4.69, 9.17) is 0 Å². The summed E-state index contributed by atoms with van der Waals surface area (Å²) in [6.07, 6.45) is 1.74. The van der Waals surface area contributed by atoms with Crippen molar-refractivity contribution in [3.05, 3.63) is 0 Å². The van der Waals surface area contributed by atoms with E-state index in [9.17, 15) is 9.59 Å². The number of carbonyl (C=O) groups is 2. The van der Waals surface area contributed by atoms with Crippen LogP contribution in [-0.2, 0) is 9.59 Å². The maximum absolute atomic E-state index is 11.4. The average molecular weight is 168 g/mol. The van der Waals surface area contributed by atoms with Crippen LogP contribution in [-0.4, -0.2) is 35.3 Å². The van der Waals surface area contributed by atoms with Gasteiger partial charge in [0.05, 0.1) is 6.54 Å². The second kappa shape index (κ2) is 2.21. The maximum Gasteiger partial charge on any atom is 0.246 e. The van der Waals surface area contributed by atoms with Crippen LogP contribution >= 0.6 is 0 Å². The number of fused-ring (bicyclic) bond motifs is 1. The van der Waals surface area contributed by atoms with Crippen LogP contribution in [0.25, 0.3) is 0 Å². The van der Waals surface area contributed by atoms with Crippen LogP contribution in [0.3, 0.4) is 0 Å². The molecule has 2 fully saturated rings. The quantitative estimate of drug-likeness (QED) is 0.530. The summed E-state index contributed by atoms with van der Waals surface area (Å²) in [4.78, 5) is 24.5. The molecular formula is C8H12N2O2. The van der Waals surface area contributed by atoms with Gasteiger partial charge in [0, 0.05) is 6.54 Å². The molecule has 0 spiro atoms. The van der Waals surface area contributed by atoms with Gasteiger partial charge in [-0.2, -0.15) is 0 Å². The highest BCUT2D eigenvalue weighted by molar-refractivity contribution is 5.98. The first-order valence-corrected chi connectivity index (χ1v) is 4.23. The minimum atomic E-state index is -0.546. The van der Waals surface area contributed by atoms with Crippen LogP contribution < -0.4 is 5.32 Å².